The molecule has 6 heteroatoms. The molecule has 0 N–H and O–H groups in total. The lowest BCUT2D eigenvalue weighted by Crippen LogP contribution is -2.36. The first-order chi connectivity index (χ1) is 8.89. The van der Waals surface area contributed by atoms with Gasteiger partial charge in [-0.1, -0.05) is 23.7 Å². The molecule has 1 heterocycles. The van der Waals surface area contributed by atoms with Crippen LogP contribution in [0.15, 0.2) is 24.3 Å². The zero-order valence-corrected chi connectivity index (χ0v) is 12.2. The number of nitrogens with zero attached hydrogens (tertiary/aromatic N) is 1. The van der Waals surface area contributed by atoms with Crippen molar-refractivity contribution in [3.8, 4) is 0 Å². The normalized spacial score (nSPS) is 21.7. The van der Waals surface area contributed by atoms with Crippen LogP contribution in [-0.4, -0.2) is 50.2 Å². The molecule has 1 saturated heterocycles. The van der Waals surface area contributed by atoms with Crippen molar-refractivity contribution in [2.24, 2.45) is 0 Å². The minimum atomic E-state index is -2.93. The summed E-state index contributed by atoms with van der Waals surface area (Å²) in [5, 5.41) is 0.431. The van der Waals surface area contributed by atoms with Crippen molar-refractivity contribution in [2.75, 3.05) is 25.1 Å². The minimum absolute atomic E-state index is 0.0727. The van der Waals surface area contributed by atoms with Gasteiger partial charge in [-0.2, -0.15) is 0 Å². The number of rotatable bonds is 4. The highest BCUT2D eigenvalue weighted by atomic mass is 35.5. The van der Waals surface area contributed by atoms with E-state index in [-0.39, 0.29) is 29.9 Å². The fraction of sp³-hybridized carbons (Fsp3) is 0.462. The number of ketones is 1. The van der Waals surface area contributed by atoms with Crippen molar-refractivity contribution in [1.82, 2.24) is 4.90 Å². The van der Waals surface area contributed by atoms with Crippen LogP contribution in [0.5, 0.6) is 0 Å². The van der Waals surface area contributed by atoms with Gasteiger partial charge < -0.3 is 0 Å². The summed E-state index contributed by atoms with van der Waals surface area (Å²) >= 11 is 5.97. The molecule has 1 aliphatic heterocycles. The first-order valence-electron chi connectivity index (χ1n) is 6.07. The fourth-order valence-corrected chi connectivity index (χ4v) is 4.30. The van der Waals surface area contributed by atoms with Crippen molar-refractivity contribution >= 4 is 27.2 Å². The molecule has 1 aromatic carbocycles. The lowest BCUT2D eigenvalue weighted by atomic mass is 10.1. The van der Waals surface area contributed by atoms with Gasteiger partial charge in [-0.05, 0) is 25.6 Å². The zero-order valence-electron chi connectivity index (χ0n) is 10.7. The molecule has 1 aliphatic rings. The van der Waals surface area contributed by atoms with Gasteiger partial charge in [-0.15, -0.1) is 0 Å². The number of hydrogen-bond donors (Lipinski definition) is 0. The second-order valence-corrected chi connectivity index (χ2v) is 7.51. The molecular weight excluding hydrogens is 286 g/mol. The molecule has 1 atom stereocenters. The molecule has 104 valence electrons. The molecular formula is C13H16ClNO3S. The van der Waals surface area contributed by atoms with E-state index in [1.54, 1.807) is 36.2 Å². The van der Waals surface area contributed by atoms with Crippen LogP contribution < -0.4 is 0 Å². The maximum atomic E-state index is 12.1. The number of carbonyl (C=O) groups excluding carboxylic acids is 1. The van der Waals surface area contributed by atoms with E-state index < -0.39 is 9.84 Å². The van der Waals surface area contributed by atoms with Gasteiger partial charge in [0.05, 0.1) is 23.1 Å². The maximum Gasteiger partial charge on any atom is 0.178 e. The van der Waals surface area contributed by atoms with Gasteiger partial charge in [0.2, 0.25) is 0 Å². The van der Waals surface area contributed by atoms with Crippen LogP contribution >= 0.6 is 11.6 Å². The van der Waals surface area contributed by atoms with Crippen molar-refractivity contribution < 1.29 is 13.2 Å². The molecule has 0 amide bonds. The summed E-state index contributed by atoms with van der Waals surface area (Å²) in [6.07, 6.45) is 0.592. The minimum Gasteiger partial charge on any atom is -0.295 e. The average molecular weight is 302 g/mol. The lowest BCUT2D eigenvalue weighted by Gasteiger charge is -2.22. The fourth-order valence-electron chi connectivity index (χ4n) is 2.25. The summed E-state index contributed by atoms with van der Waals surface area (Å²) in [7, 11) is -1.15. The van der Waals surface area contributed by atoms with Gasteiger partial charge >= 0.3 is 0 Å². The number of likely N-dealkylation sites (N-methyl/N-ethyl adjacent to an activating group) is 1. The van der Waals surface area contributed by atoms with E-state index in [1.165, 1.54) is 0 Å². The van der Waals surface area contributed by atoms with E-state index in [0.29, 0.717) is 17.0 Å². The van der Waals surface area contributed by atoms with Crippen LogP contribution in [0.1, 0.15) is 16.8 Å². The first kappa shape index (κ1) is 14.5. The molecule has 0 aromatic heterocycles. The first-order valence-corrected chi connectivity index (χ1v) is 8.27. The molecule has 1 unspecified atom stereocenters. The average Bonchev–Trinajstić information content (AvgIpc) is 2.70. The third-order valence-electron chi connectivity index (χ3n) is 3.40. The van der Waals surface area contributed by atoms with Crippen LogP contribution in [0.3, 0.4) is 0 Å². The van der Waals surface area contributed by atoms with Crippen LogP contribution in [0.2, 0.25) is 5.02 Å². The SMILES string of the molecule is CN(CC(=O)c1ccccc1Cl)C1CCS(=O)(=O)C1. The molecule has 0 radical (unpaired) electrons. The highest BCUT2D eigenvalue weighted by molar-refractivity contribution is 7.91. The van der Waals surface area contributed by atoms with E-state index in [1.807, 2.05) is 0 Å². The Hall–Kier alpha value is -0.910. The van der Waals surface area contributed by atoms with Gasteiger partial charge in [0.25, 0.3) is 0 Å². The third-order valence-corrected chi connectivity index (χ3v) is 5.48. The van der Waals surface area contributed by atoms with Gasteiger partial charge in [0, 0.05) is 11.6 Å². The third kappa shape index (κ3) is 3.55. The van der Waals surface area contributed by atoms with Crippen LogP contribution in [0, 0.1) is 0 Å². The predicted molar refractivity (Wildman–Crippen MR) is 75.5 cm³/mol. The van der Waals surface area contributed by atoms with Gasteiger partial charge in [0.15, 0.2) is 15.6 Å². The number of hydrogen-bond acceptors (Lipinski definition) is 4. The topological polar surface area (TPSA) is 54.5 Å². The van der Waals surface area contributed by atoms with Gasteiger partial charge in [0.1, 0.15) is 0 Å². The Morgan fingerprint density at radius 1 is 1.42 bits per heavy atom. The van der Waals surface area contributed by atoms with Gasteiger partial charge in [-0.3, -0.25) is 9.69 Å². The summed E-state index contributed by atoms with van der Waals surface area (Å²) in [5.41, 5.74) is 0.483. The standard InChI is InChI=1S/C13H16ClNO3S/c1-15(10-6-7-19(17,18)9-10)8-13(16)11-4-2-3-5-12(11)14/h2-5,10H,6-9H2,1H3. The van der Waals surface area contributed by atoms with E-state index >= 15 is 0 Å². The summed E-state index contributed by atoms with van der Waals surface area (Å²) in [4.78, 5) is 13.9. The van der Waals surface area contributed by atoms with Crippen molar-refractivity contribution in [3.05, 3.63) is 34.9 Å². The number of carbonyl (C=O) groups is 1. The van der Waals surface area contributed by atoms with E-state index in [2.05, 4.69) is 0 Å². The monoisotopic (exact) mass is 301 g/mol. The second-order valence-electron chi connectivity index (χ2n) is 4.87. The summed E-state index contributed by atoms with van der Waals surface area (Å²) < 4.78 is 22.8. The molecule has 0 saturated carbocycles. The Kier molecular flexibility index (Phi) is 4.28. The molecule has 1 aromatic rings. The summed E-state index contributed by atoms with van der Waals surface area (Å²) in [5.74, 6) is 0.263. The highest BCUT2D eigenvalue weighted by Crippen LogP contribution is 2.19. The number of Topliss-reactive ketones (excluding diaryl/α,β-unsaturated/α-hetero) is 1. The second kappa shape index (κ2) is 5.61. The molecule has 0 spiro atoms. The van der Waals surface area contributed by atoms with Crippen LogP contribution in [0.4, 0.5) is 0 Å². The zero-order chi connectivity index (χ0) is 14.0. The Balaban J connectivity index is 2.02. The van der Waals surface area contributed by atoms with Crippen molar-refractivity contribution in [1.29, 1.82) is 0 Å². The van der Waals surface area contributed by atoms with Gasteiger partial charge in [-0.25, -0.2) is 8.42 Å². The Morgan fingerprint density at radius 2 is 2.11 bits per heavy atom. The van der Waals surface area contributed by atoms with E-state index in [9.17, 15) is 13.2 Å². The smallest absolute Gasteiger partial charge is 0.178 e. The van der Waals surface area contributed by atoms with E-state index in [0.717, 1.165) is 0 Å². The van der Waals surface area contributed by atoms with Crippen molar-refractivity contribution in [3.63, 3.8) is 0 Å². The molecule has 1 fully saturated rings. The Bertz CT molecular complexity index is 585. The lowest BCUT2D eigenvalue weighted by molar-refractivity contribution is 0.0926. The Morgan fingerprint density at radius 3 is 2.68 bits per heavy atom. The van der Waals surface area contributed by atoms with Crippen LogP contribution in [-0.2, 0) is 9.84 Å². The van der Waals surface area contributed by atoms with Crippen molar-refractivity contribution in [2.45, 2.75) is 12.5 Å². The van der Waals surface area contributed by atoms with Crippen LogP contribution in [0.25, 0.3) is 0 Å². The number of sulfone groups is 1. The molecule has 4 nitrogen and oxygen atoms in total. The molecule has 0 bridgehead atoms. The molecule has 2 rings (SSSR count). The quantitative estimate of drug-likeness (QED) is 0.794. The predicted octanol–water partition coefficient (Wildman–Crippen LogP) is 1.64. The van der Waals surface area contributed by atoms with E-state index in [4.69, 9.17) is 11.6 Å². The number of halogens is 1. The molecule has 0 aliphatic carbocycles. The Labute approximate surface area is 118 Å². The largest absolute Gasteiger partial charge is 0.295 e. The maximum absolute atomic E-state index is 12.1. The number of benzene rings is 1. The highest BCUT2D eigenvalue weighted by Gasteiger charge is 2.31. The summed E-state index contributed by atoms with van der Waals surface area (Å²) in [6, 6.07) is 6.82. The molecule has 19 heavy (non-hydrogen) atoms. The summed E-state index contributed by atoms with van der Waals surface area (Å²) in [6.45, 7) is 0.184.